The Morgan fingerprint density at radius 1 is 1.27 bits per heavy atom. The Hall–Kier alpha value is -2.03. The highest BCUT2D eigenvalue weighted by Gasteiger charge is 2.41. The maximum Gasteiger partial charge on any atom is 0.435 e. The minimum Gasteiger partial charge on any atom is -0.477 e. The molecular weight excluding hydrogens is 415 g/mol. The molecule has 5 nitrogen and oxygen atoms in total. The lowest BCUT2D eigenvalue weighted by atomic mass is 10.1. The van der Waals surface area contributed by atoms with Crippen molar-refractivity contribution in [3.63, 3.8) is 0 Å². The van der Waals surface area contributed by atoms with Gasteiger partial charge in [-0.05, 0) is 54.2 Å². The van der Waals surface area contributed by atoms with Gasteiger partial charge in [0.25, 0.3) is 0 Å². The van der Waals surface area contributed by atoms with Crippen molar-refractivity contribution in [2.24, 2.45) is 0 Å². The van der Waals surface area contributed by atoms with Gasteiger partial charge in [-0.15, -0.1) is 0 Å². The van der Waals surface area contributed by atoms with Gasteiger partial charge in [-0.3, -0.25) is 0 Å². The van der Waals surface area contributed by atoms with Gasteiger partial charge in [0.2, 0.25) is 0 Å². The number of imidazole rings is 1. The molecule has 0 saturated carbocycles. The third-order valence-corrected chi connectivity index (χ3v) is 4.53. The Kier molecular flexibility index (Phi) is 6.00. The van der Waals surface area contributed by atoms with E-state index in [-0.39, 0.29) is 11.3 Å². The molecule has 0 saturated heterocycles. The van der Waals surface area contributed by atoms with E-state index in [2.05, 4.69) is 26.2 Å². The van der Waals surface area contributed by atoms with E-state index in [4.69, 9.17) is 5.11 Å². The first-order chi connectivity index (χ1) is 12.0. The van der Waals surface area contributed by atoms with Crippen LogP contribution >= 0.6 is 15.9 Å². The molecule has 2 aromatic rings. The normalized spacial score (nSPS) is 11.7. The van der Waals surface area contributed by atoms with Crippen LogP contribution < -0.4 is 5.32 Å². The van der Waals surface area contributed by atoms with Crippen molar-refractivity contribution in [2.45, 2.75) is 39.9 Å². The van der Waals surface area contributed by atoms with E-state index in [1.165, 1.54) is 0 Å². The number of alkyl halides is 3. The number of anilines is 1. The summed E-state index contributed by atoms with van der Waals surface area (Å²) in [6, 6.07) is 4.08. The largest absolute Gasteiger partial charge is 0.477 e. The van der Waals surface area contributed by atoms with Gasteiger partial charge in [0.15, 0.2) is 16.1 Å². The van der Waals surface area contributed by atoms with Crippen LogP contribution in [0, 0.1) is 20.8 Å². The third-order valence-electron chi connectivity index (χ3n) is 3.93. The van der Waals surface area contributed by atoms with E-state index >= 15 is 0 Å². The molecule has 0 aliphatic heterocycles. The summed E-state index contributed by atoms with van der Waals surface area (Å²) in [5.74, 6) is -1.66. The number of nitrogens with zero attached hydrogens (tertiary/aromatic N) is 2. The van der Waals surface area contributed by atoms with E-state index < -0.39 is 23.5 Å². The number of carboxylic acids is 1. The number of hydrogen-bond acceptors (Lipinski definition) is 3. The molecule has 1 aromatic carbocycles. The smallest absolute Gasteiger partial charge is 0.435 e. The Labute approximate surface area is 157 Å². The molecule has 142 valence electrons. The molecule has 0 aliphatic carbocycles. The topological polar surface area (TPSA) is 67.2 Å². The molecule has 0 aliphatic rings. The number of carboxylic acid groups (broad SMARTS) is 1. The number of aromatic carboxylic acids is 1. The van der Waals surface area contributed by atoms with E-state index in [0.29, 0.717) is 13.0 Å². The molecule has 0 unspecified atom stereocenters. The van der Waals surface area contributed by atoms with E-state index in [0.717, 1.165) is 26.9 Å². The van der Waals surface area contributed by atoms with Gasteiger partial charge in [-0.25, -0.2) is 9.78 Å². The highest BCUT2D eigenvalue weighted by Crippen LogP contribution is 2.33. The zero-order valence-electron chi connectivity index (χ0n) is 14.5. The maximum atomic E-state index is 13.0. The number of rotatable bonds is 6. The van der Waals surface area contributed by atoms with Crippen molar-refractivity contribution in [1.82, 2.24) is 9.55 Å². The third kappa shape index (κ3) is 4.38. The van der Waals surface area contributed by atoms with Crippen LogP contribution in [-0.2, 0) is 12.7 Å². The van der Waals surface area contributed by atoms with Crippen LogP contribution in [0.1, 0.15) is 39.3 Å². The van der Waals surface area contributed by atoms with Crippen LogP contribution in [-0.4, -0.2) is 27.2 Å². The van der Waals surface area contributed by atoms with Crippen LogP contribution in [0.15, 0.2) is 16.9 Å². The average molecular weight is 434 g/mol. The van der Waals surface area contributed by atoms with Gasteiger partial charge in [-0.2, -0.15) is 13.2 Å². The zero-order chi connectivity index (χ0) is 19.6. The predicted octanol–water partition coefficient (Wildman–Crippen LogP) is 4.79. The Balaban J connectivity index is 2.11. The molecule has 0 bridgehead atoms. The summed E-state index contributed by atoms with van der Waals surface area (Å²) in [6.45, 7) is 6.53. The molecule has 0 spiro atoms. The quantitative estimate of drug-likeness (QED) is 0.642. The molecule has 0 radical (unpaired) electrons. The number of aromatic nitrogens is 2. The summed E-state index contributed by atoms with van der Waals surface area (Å²) in [5, 5.41) is 12.4. The average Bonchev–Trinajstić information content (AvgIpc) is 2.82. The van der Waals surface area contributed by atoms with Crippen molar-refractivity contribution in [1.29, 1.82) is 0 Å². The lowest BCUT2D eigenvalue weighted by Crippen LogP contribution is -2.17. The summed E-state index contributed by atoms with van der Waals surface area (Å²) >= 11 is 2.93. The SMILES string of the molecule is Cc1cc(C)c(NCCCn2c(Br)nc(C(F)(F)F)c2C(=O)O)c(C)c1. The van der Waals surface area contributed by atoms with Crippen molar-refractivity contribution >= 4 is 27.6 Å². The number of nitrogens with one attached hydrogen (secondary N) is 1. The zero-order valence-corrected chi connectivity index (χ0v) is 16.1. The van der Waals surface area contributed by atoms with E-state index in [1.54, 1.807) is 0 Å². The molecular formula is C17H19BrF3N3O2. The first kappa shape index (κ1) is 20.3. The fourth-order valence-corrected chi connectivity index (χ4v) is 3.49. The van der Waals surface area contributed by atoms with Crippen molar-refractivity contribution < 1.29 is 23.1 Å². The summed E-state index contributed by atoms with van der Waals surface area (Å²) < 4.78 is 39.8. The van der Waals surface area contributed by atoms with E-state index in [9.17, 15) is 18.0 Å². The van der Waals surface area contributed by atoms with Crippen LogP contribution in [0.4, 0.5) is 18.9 Å². The highest BCUT2D eigenvalue weighted by molar-refractivity contribution is 9.10. The molecule has 0 amide bonds. The second-order valence-electron chi connectivity index (χ2n) is 6.09. The molecule has 0 atom stereocenters. The monoisotopic (exact) mass is 433 g/mol. The highest BCUT2D eigenvalue weighted by atomic mass is 79.9. The van der Waals surface area contributed by atoms with Gasteiger partial charge in [0.05, 0.1) is 0 Å². The van der Waals surface area contributed by atoms with Crippen molar-refractivity contribution in [2.75, 3.05) is 11.9 Å². The first-order valence-electron chi connectivity index (χ1n) is 7.90. The van der Waals surface area contributed by atoms with Gasteiger partial charge in [-0.1, -0.05) is 17.7 Å². The number of aryl methyl sites for hydroxylation is 3. The standard InChI is InChI=1S/C17H19BrF3N3O2/c1-9-7-10(2)12(11(3)8-9)22-5-4-6-24-13(15(25)26)14(17(19,20)21)23-16(24)18/h7-8,22H,4-6H2,1-3H3,(H,25,26). The Bertz CT molecular complexity index is 808. The van der Waals surface area contributed by atoms with Crippen LogP contribution in [0.2, 0.25) is 0 Å². The molecule has 2 N–H and O–H groups in total. The minimum atomic E-state index is -4.82. The second-order valence-corrected chi connectivity index (χ2v) is 6.80. The number of halogens is 4. The van der Waals surface area contributed by atoms with Gasteiger partial charge in [0, 0.05) is 18.8 Å². The van der Waals surface area contributed by atoms with Crippen LogP contribution in [0.5, 0.6) is 0 Å². The fourth-order valence-electron chi connectivity index (χ4n) is 2.95. The van der Waals surface area contributed by atoms with Crippen LogP contribution in [0.25, 0.3) is 0 Å². The van der Waals surface area contributed by atoms with Gasteiger partial charge >= 0.3 is 12.1 Å². The molecule has 9 heteroatoms. The number of carbonyl (C=O) groups is 1. The van der Waals surface area contributed by atoms with Crippen molar-refractivity contribution in [3.05, 3.63) is 44.9 Å². The molecule has 1 aromatic heterocycles. The first-order valence-corrected chi connectivity index (χ1v) is 8.70. The minimum absolute atomic E-state index is 0.0856. The Morgan fingerprint density at radius 2 is 1.85 bits per heavy atom. The summed E-state index contributed by atoms with van der Waals surface area (Å²) in [6.07, 6.45) is -4.39. The van der Waals surface area contributed by atoms with Gasteiger partial charge < -0.3 is 15.0 Å². The molecule has 1 heterocycles. The van der Waals surface area contributed by atoms with Crippen LogP contribution in [0.3, 0.4) is 0 Å². The predicted molar refractivity (Wildman–Crippen MR) is 95.6 cm³/mol. The lowest BCUT2D eigenvalue weighted by Gasteiger charge is -2.14. The molecule has 0 fully saturated rings. The number of benzene rings is 1. The van der Waals surface area contributed by atoms with E-state index in [1.807, 2.05) is 32.9 Å². The lowest BCUT2D eigenvalue weighted by molar-refractivity contribution is -0.141. The molecule has 2 rings (SSSR count). The summed E-state index contributed by atoms with van der Waals surface area (Å²) in [7, 11) is 0. The summed E-state index contributed by atoms with van der Waals surface area (Å²) in [5.41, 5.74) is 2.05. The number of hydrogen-bond donors (Lipinski definition) is 2. The fraction of sp³-hybridized carbons (Fsp3) is 0.412. The Morgan fingerprint density at radius 3 is 2.35 bits per heavy atom. The van der Waals surface area contributed by atoms with Crippen molar-refractivity contribution in [3.8, 4) is 0 Å². The summed E-state index contributed by atoms with van der Waals surface area (Å²) in [4.78, 5) is 14.6. The van der Waals surface area contributed by atoms with Gasteiger partial charge in [0.1, 0.15) is 0 Å². The maximum absolute atomic E-state index is 13.0. The second kappa shape index (κ2) is 7.69. The molecule has 26 heavy (non-hydrogen) atoms.